The third kappa shape index (κ3) is 41.8. The van der Waals surface area contributed by atoms with Gasteiger partial charge >= 0.3 is 0 Å². The fourth-order valence-electron chi connectivity index (χ4n) is 10.3. The lowest BCUT2D eigenvalue weighted by molar-refractivity contribution is 0.520. The van der Waals surface area contributed by atoms with Crippen molar-refractivity contribution in [2.75, 3.05) is 0 Å². The molecule has 0 N–H and O–H groups in total. The van der Waals surface area contributed by atoms with Crippen LogP contribution in [0.3, 0.4) is 0 Å². The summed E-state index contributed by atoms with van der Waals surface area (Å²) < 4.78 is 0. The zero-order valence-electron chi connectivity index (χ0n) is 46.9. The maximum Gasteiger partial charge on any atom is 0.0662 e. The van der Waals surface area contributed by atoms with E-state index in [-0.39, 0.29) is 0 Å². The molecule has 0 aromatic heterocycles. The first kappa shape index (κ1) is 63.4. The van der Waals surface area contributed by atoms with Gasteiger partial charge in [0.2, 0.25) is 0 Å². The van der Waals surface area contributed by atoms with Gasteiger partial charge in [0.05, 0.1) is 11.4 Å². The summed E-state index contributed by atoms with van der Waals surface area (Å²) in [4.78, 5) is 9.64. The highest BCUT2D eigenvalue weighted by atomic mass is 14.8. The number of allylic oxidation sites excluding steroid dienone is 4. The molecule has 0 aliphatic heterocycles. The second kappa shape index (κ2) is 52.6. The number of para-hydroxylation sites is 2. The largest absolute Gasteiger partial charge is 0.255 e. The maximum absolute atomic E-state index is 4.82. The van der Waals surface area contributed by atoms with Crippen LogP contribution in [-0.4, -0.2) is 12.4 Å². The second-order valence-corrected chi connectivity index (χ2v) is 21.6. The number of hydrogen-bond donors (Lipinski definition) is 0. The third-order valence-corrected chi connectivity index (χ3v) is 14.9. The predicted octanol–water partition coefficient (Wildman–Crippen LogP) is 24.0. The van der Waals surface area contributed by atoms with Gasteiger partial charge in [0.1, 0.15) is 0 Å². The van der Waals surface area contributed by atoms with Crippen molar-refractivity contribution in [1.29, 1.82) is 0 Å². The molecule has 2 nitrogen and oxygen atoms in total. The summed E-state index contributed by atoms with van der Waals surface area (Å²) in [5, 5.41) is 0. The lowest BCUT2D eigenvalue weighted by Crippen LogP contribution is -1.87. The lowest BCUT2D eigenvalue weighted by atomic mass is 10.0. The fourth-order valence-corrected chi connectivity index (χ4v) is 10.3. The highest BCUT2D eigenvalue weighted by molar-refractivity contribution is 6.17. The molecule has 0 aliphatic rings. The number of hydrogen-bond acceptors (Lipinski definition) is 2. The summed E-state index contributed by atoms with van der Waals surface area (Å²) in [6.45, 7) is 4.61. The van der Waals surface area contributed by atoms with Gasteiger partial charge in [0, 0.05) is 12.4 Å². The van der Waals surface area contributed by atoms with Crippen LogP contribution in [-0.2, 0) is 12.8 Å². The van der Waals surface area contributed by atoms with Crippen LogP contribution in [0.4, 0.5) is 11.4 Å². The molecule has 0 aliphatic carbocycles. The van der Waals surface area contributed by atoms with Crippen LogP contribution in [0.15, 0.2) is 82.8 Å². The number of rotatable bonds is 53. The van der Waals surface area contributed by atoms with Crippen molar-refractivity contribution < 1.29 is 0 Å². The number of benzene rings is 2. The Kier molecular flexibility index (Phi) is 47.6. The third-order valence-electron chi connectivity index (χ3n) is 14.9. The van der Waals surface area contributed by atoms with E-state index in [1.165, 1.54) is 294 Å². The van der Waals surface area contributed by atoms with Gasteiger partial charge in [-0.2, -0.15) is 0 Å². The summed E-state index contributed by atoms with van der Waals surface area (Å²) >= 11 is 0. The molecule has 70 heavy (non-hydrogen) atoms. The molecule has 0 radical (unpaired) electrons. The zero-order valence-corrected chi connectivity index (χ0v) is 46.9. The molecule has 2 rings (SSSR count). The van der Waals surface area contributed by atoms with Gasteiger partial charge in [-0.1, -0.05) is 331 Å². The van der Waals surface area contributed by atoms with Gasteiger partial charge in [-0.15, -0.1) is 0 Å². The van der Waals surface area contributed by atoms with Gasteiger partial charge < -0.3 is 0 Å². The highest BCUT2D eigenvalue weighted by Crippen LogP contribution is 2.23. The minimum absolute atomic E-state index is 1.02. The van der Waals surface area contributed by atoms with E-state index < -0.39 is 0 Å². The molecule has 0 heterocycles. The van der Waals surface area contributed by atoms with Crippen molar-refractivity contribution in [1.82, 2.24) is 0 Å². The van der Waals surface area contributed by atoms with Crippen LogP contribution in [0.5, 0.6) is 0 Å². The lowest BCUT2D eigenvalue weighted by Gasteiger charge is -2.04. The fraction of sp³-hybridized carbons (Fsp3) is 0.735. The van der Waals surface area contributed by atoms with Crippen molar-refractivity contribution in [3.63, 3.8) is 0 Å². The van der Waals surface area contributed by atoms with Crippen LogP contribution < -0.4 is 0 Å². The molecule has 0 amide bonds. The Morgan fingerprint density at radius 2 is 0.471 bits per heavy atom. The summed E-state index contributed by atoms with van der Waals surface area (Å²) in [6, 6.07) is 17.2. The van der Waals surface area contributed by atoms with Crippen LogP contribution in [0.25, 0.3) is 0 Å². The molecule has 0 saturated carbocycles. The molecule has 0 fully saturated rings. The van der Waals surface area contributed by atoms with Crippen molar-refractivity contribution in [3.8, 4) is 0 Å². The quantitative estimate of drug-likeness (QED) is 0.0359. The van der Waals surface area contributed by atoms with E-state index >= 15 is 0 Å². The normalized spacial score (nSPS) is 12.1. The Morgan fingerprint density at radius 3 is 0.729 bits per heavy atom. The molecule has 0 saturated heterocycles. The van der Waals surface area contributed by atoms with Crippen LogP contribution in [0, 0.1) is 0 Å². The molecule has 0 spiro atoms. The smallest absolute Gasteiger partial charge is 0.0662 e. The molecule has 0 bridgehead atoms. The van der Waals surface area contributed by atoms with Crippen LogP contribution in [0.1, 0.15) is 320 Å². The van der Waals surface area contributed by atoms with Crippen LogP contribution >= 0.6 is 0 Å². The van der Waals surface area contributed by atoms with Gasteiger partial charge in [-0.25, -0.2) is 0 Å². The predicted molar refractivity (Wildman–Crippen MR) is 319 cm³/mol. The Hall–Kier alpha value is -2.74. The number of unbranched alkanes of at least 4 members (excludes halogenated alkanes) is 42. The second-order valence-electron chi connectivity index (χ2n) is 21.6. The molecule has 2 aromatic rings. The zero-order chi connectivity index (χ0) is 49.6. The van der Waals surface area contributed by atoms with Gasteiger partial charge in [-0.3, -0.25) is 9.98 Å². The van der Waals surface area contributed by atoms with E-state index in [0.717, 1.165) is 37.1 Å². The number of nitrogens with zero attached hydrogens (tertiary/aromatic N) is 2. The monoisotopic (exact) mass is 961 g/mol. The van der Waals surface area contributed by atoms with Gasteiger partial charge in [0.25, 0.3) is 0 Å². The van der Waals surface area contributed by atoms with Crippen molar-refractivity contribution >= 4 is 23.8 Å². The molecule has 2 aromatic carbocycles. The number of aliphatic imine (C=N–C) groups is 2. The molecule has 2 heteroatoms. The summed E-state index contributed by atoms with van der Waals surface area (Å²) in [6.07, 6.45) is 80.5. The summed E-state index contributed by atoms with van der Waals surface area (Å²) in [5.41, 5.74) is 4.73. The maximum atomic E-state index is 4.82. The Morgan fingerprint density at radius 1 is 0.257 bits per heavy atom. The number of aryl methyl sites for hydroxylation is 2. The van der Waals surface area contributed by atoms with E-state index in [2.05, 4.69) is 86.7 Å². The molecular weight excluding hydrogens is 845 g/mol. The minimum atomic E-state index is 1.02. The average molecular weight is 962 g/mol. The van der Waals surface area contributed by atoms with E-state index in [9.17, 15) is 0 Å². The molecular formula is C68H116N2. The molecule has 398 valence electrons. The van der Waals surface area contributed by atoms with Crippen molar-refractivity contribution in [2.24, 2.45) is 9.98 Å². The van der Waals surface area contributed by atoms with Crippen molar-refractivity contribution in [2.45, 2.75) is 322 Å². The Labute approximate surface area is 437 Å². The topological polar surface area (TPSA) is 24.7 Å². The first-order chi connectivity index (χ1) is 34.8. The van der Waals surface area contributed by atoms with E-state index in [0.29, 0.717) is 0 Å². The standard InChI is InChI=1S/C68H116N2/c1-3-5-7-9-11-13-15-17-19-21-23-25-27-29-31-33-35-37-39-41-43-45-47-49-51-57-65-59-53-55-61-67(65)69-63-64-70-68-62-56-54-60-66(68)58-52-50-48-46-44-42-40-38-36-34-32-30-28-26-24-22-20-18-16-14-12-10-8-6-4-2/h47-50,53-56,59-64H,3-46,51-52,57-58H2,1-2H3. The van der Waals surface area contributed by atoms with Crippen molar-refractivity contribution in [3.05, 3.63) is 84.0 Å². The van der Waals surface area contributed by atoms with E-state index in [1.54, 1.807) is 0 Å². The van der Waals surface area contributed by atoms with E-state index in [1.807, 2.05) is 12.4 Å². The Bertz CT molecular complexity index is 1370. The summed E-state index contributed by atoms with van der Waals surface area (Å²) in [7, 11) is 0. The van der Waals surface area contributed by atoms with Gasteiger partial charge in [0.15, 0.2) is 0 Å². The van der Waals surface area contributed by atoms with Gasteiger partial charge in [-0.05, 0) is 74.6 Å². The highest BCUT2D eigenvalue weighted by Gasteiger charge is 2.02. The summed E-state index contributed by atoms with van der Waals surface area (Å²) in [5.74, 6) is 0. The minimum Gasteiger partial charge on any atom is -0.255 e. The average Bonchev–Trinajstić information content (AvgIpc) is 3.38. The molecule has 0 atom stereocenters. The SMILES string of the molecule is CCCCCCCCCCCCCCCCCCCCCCCC=CCCc1ccccc1N=CC=Nc1ccccc1CCC=CCCCCCCCCCCCCCCCCCCCCCCC. The van der Waals surface area contributed by atoms with Crippen LogP contribution in [0.2, 0.25) is 0 Å². The first-order valence-corrected chi connectivity index (χ1v) is 31.4. The molecule has 0 unspecified atom stereocenters. The first-order valence-electron chi connectivity index (χ1n) is 31.4. The van der Waals surface area contributed by atoms with E-state index in [4.69, 9.17) is 9.98 Å². The Balaban J connectivity index is 1.42.